The third-order valence-electron chi connectivity index (χ3n) is 7.06. The maximum Gasteiger partial charge on any atom is 0.253 e. The van der Waals surface area contributed by atoms with Crippen LogP contribution < -0.4 is 10.1 Å². The van der Waals surface area contributed by atoms with Gasteiger partial charge in [-0.25, -0.2) is 4.99 Å². The molecule has 44 heavy (non-hydrogen) atoms. The highest BCUT2D eigenvalue weighted by atomic mass is 16.5. The Morgan fingerprint density at radius 3 is 2.39 bits per heavy atom. The van der Waals surface area contributed by atoms with Gasteiger partial charge in [0, 0.05) is 46.1 Å². The van der Waals surface area contributed by atoms with Crippen molar-refractivity contribution < 1.29 is 29.6 Å². The van der Waals surface area contributed by atoms with E-state index in [1.165, 1.54) is 0 Å². The van der Waals surface area contributed by atoms with Gasteiger partial charge < -0.3 is 30.1 Å². The molecule has 3 aromatic rings. The van der Waals surface area contributed by atoms with Gasteiger partial charge in [-0.2, -0.15) is 0 Å². The van der Waals surface area contributed by atoms with Crippen LogP contribution in [-0.4, -0.2) is 65.1 Å². The fourth-order valence-corrected chi connectivity index (χ4v) is 4.85. The maximum absolute atomic E-state index is 14.3. The number of aliphatic imine (C=N–C) groups is 1. The van der Waals surface area contributed by atoms with E-state index in [2.05, 4.69) is 25.4 Å². The second-order valence-electron chi connectivity index (χ2n) is 9.91. The number of benzene rings is 3. The monoisotopic (exact) mass is 600 g/mol. The summed E-state index contributed by atoms with van der Waals surface area (Å²) >= 11 is 0. The third-order valence-corrected chi connectivity index (χ3v) is 7.06. The molecule has 4 rings (SSSR count). The fourth-order valence-electron chi connectivity index (χ4n) is 4.85. The molecule has 0 radical (unpaired) electrons. The van der Waals surface area contributed by atoms with Gasteiger partial charge in [-0.1, -0.05) is 58.8 Å². The van der Waals surface area contributed by atoms with Crippen LogP contribution in [0.1, 0.15) is 34.8 Å². The number of azide groups is 2. The molecule has 1 aliphatic heterocycles. The van der Waals surface area contributed by atoms with Crippen LogP contribution in [0.3, 0.4) is 0 Å². The minimum atomic E-state index is -1.73. The van der Waals surface area contributed by atoms with Gasteiger partial charge in [0.2, 0.25) is 5.90 Å². The van der Waals surface area contributed by atoms with Crippen molar-refractivity contribution in [1.29, 1.82) is 0 Å². The molecule has 0 saturated heterocycles. The number of carbonyl (C=O) groups is 1. The van der Waals surface area contributed by atoms with Gasteiger partial charge in [0.15, 0.2) is 11.6 Å². The molecule has 0 fully saturated rings. The smallest absolute Gasteiger partial charge is 0.253 e. The standard InChI is InChI=1S/C30H32N8O6/c31-37-33-17-22-7-2-1-6-21(22)16-30(29(42)34-23(18-40)19-41)27(25-8-3-4-9-26(25)36-38-32)44-28(35-30)20-10-12-24(13-11-20)43-15-5-14-39/h1-4,6-13,23,27,39-41H,5,14-19H2,(H,34,42)/t27-,30-/m1/s1. The van der Waals surface area contributed by atoms with E-state index in [9.17, 15) is 20.5 Å². The van der Waals surface area contributed by atoms with E-state index in [1.807, 2.05) is 0 Å². The van der Waals surface area contributed by atoms with Crippen LogP contribution in [0.25, 0.3) is 20.9 Å². The number of nitrogens with zero attached hydrogens (tertiary/aromatic N) is 7. The average Bonchev–Trinajstić information content (AvgIpc) is 3.44. The highest BCUT2D eigenvalue weighted by Gasteiger charge is 2.54. The van der Waals surface area contributed by atoms with Gasteiger partial charge >= 0.3 is 0 Å². The summed E-state index contributed by atoms with van der Waals surface area (Å²) in [5.74, 6) is 0.0412. The number of hydrogen-bond acceptors (Lipinski definition) is 9. The summed E-state index contributed by atoms with van der Waals surface area (Å²) in [7, 11) is 0. The minimum Gasteiger partial charge on any atom is -0.494 e. The number of carbonyl (C=O) groups excluding carboxylic acids is 1. The van der Waals surface area contributed by atoms with Crippen molar-refractivity contribution in [3.05, 3.63) is 116 Å². The minimum absolute atomic E-state index is 0.00496. The predicted octanol–water partition coefficient (Wildman–Crippen LogP) is 4.17. The summed E-state index contributed by atoms with van der Waals surface area (Å²) < 4.78 is 12.1. The zero-order valence-electron chi connectivity index (χ0n) is 23.7. The van der Waals surface area contributed by atoms with Crippen LogP contribution in [0.5, 0.6) is 5.75 Å². The Kier molecular flexibility index (Phi) is 11.1. The molecule has 0 saturated carbocycles. The van der Waals surface area contributed by atoms with Crippen molar-refractivity contribution in [2.75, 3.05) is 26.4 Å². The lowest BCUT2D eigenvalue weighted by Crippen LogP contribution is -2.54. The Hall–Kier alpha value is -5.10. The molecule has 1 amide bonds. The van der Waals surface area contributed by atoms with E-state index >= 15 is 0 Å². The third kappa shape index (κ3) is 7.27. The van der Waals surface area contributed by atoms with Gasteiger partial charge in [-0.05, 0) is 46.5 Å². The van der Waals surface area contributed by atoms with Crippen molar-refractivity contribution in [1.82, 2.24) is 5.32 Å². The van der Waals surface area contributed by atoms with Crippen LogP contribution in [0.2, 0.25) is 0 Å². The van der Waals surface area contributed by atoms with E-state index in [0.717, 1.165) is 0 Å². The summed E-state index contributed by atoms with van der Waals surface area (Å²) in [5.41, 5.74) is 19.0. The quantitative estimate of drug-likeness (QED) is 0.0867. The maximum atomic E-state index is 14.3. The average molecular weight is 601 g/mol. The Morgan fingerprint density at radius 2 is 1.70 bits per heavy atom. The van der Waals surface area contributed by atoms with Gasteiger partial charge in [-0.3, -0.25) is 4.79 Å². The molecule has 0 aliphatic carbocycles. The first-order valence-electron chi connectivity index (χ1n) is 13.8. The Morgan fingerprint density at radius 1 is 1.00 bits per heavy atom. The normalized spacial score (nSPS) is 17.2. The van der Waals surface area contributed by atoms with Crippen molar-refractivity contribution in [2.24, 2.45) is 15.2 Å². The lowest BCUT2D eigenvalue weighted by molar-refractivity contribution is -0.130. The summed E-state index contributed by atoms with van der Waals surface area (Å²) in [4.78, 5) is 25.0. The van der Waals surface area contributed by atoms with E-state index < -0.39 is 36.8 Å². The molecule has 228 valence electrons. The van der Waals surface area contributed by atoms with Gasteiger partial charge in [-0.15, -0.1) is 0 Å². The molecule has 14 heteroatoms. The zero-order chi connectivity index (χ0) is 31.4. The fraction of sp³-hybridized carbons (Fsp3) is 0.333. The number of aliphatic hydroxyl groups excluding tert-OH is 3. The largest absolute Gasteiger partial charge is 0.494 e. The van der Waals surface area contributed by atoms with Gasteiger partial charge in [0.25, 0.3) is 5.91 Å². The number of aliphatic hydroxyl groups is 3. The molecule has 1 heterocycles. The number of amides is 1. The molecule has 0 spiro atoms. The van der Waals surface area contributed by atoms with E-state index in [4.69, 9.17) is 25.1 Å². The van der Waals surface area contributed by atoms with Crippen molar-refractivity contribution in [2.45, 2.75) is 37.1 Å². The van der Waals surface area contributed by atoms with E-state index in [-0.39, 0.29) is 31.2 Å². The first-order valence-corrected chi connectivity index (χ1v) is 13.8. The lowest BCUT2D eigenvalue weighted by atomic mass is 9.80. The second kappa shape index (κ2) is 15.4. The second-order valence-corrected chi connectivity index (χ2v) is 9.91. The molecule has 0 bridgehead atoms. The van der Waals surface area contributed by atoms with Crippen molar-refractivity contribution >= 4 is 17.5 Å². The van der Waals surface area contributed by atoms with Gasteiger partial charge in [0.1, 0.15) is 5.75 Å². The summed E-state index contributed by atoms with van der Waals surface area (Å²) in [6, 6.07) is 19.7. The van der Waals surface area contributed by atoms with Crippen LogP contribution >= 0.6 is 0 Å². The molecular weight excluding hydrogens is 568 g/mol. The Labute approximate surface area is 252 Å². The van der Waals surface area contributed by atoms with E-state index in [1.54, 1.807) is 72.8 Å². The first kappa shape index (κ1) is 31.8. The topological polar surface area (TPSA) is 218 Å². The molecule has 0 aromatic heterocycles. The molecule has 14 nitrogen and oxygen atoms in total. The Balaban J connectivity index is 1.90. The number of ether oxygens (including phenoxy) is 2. The van der Waals surface area contributed by atoms with Crippen LogP contribution in [0.4, 0.5) is 5.69 Å². The van der Waals surface area contributed by atoms with Crippen LogP contribution in [0.15, 0.2) is 88.0 Å². The highest BCUT2D eigenvalue weighted by Crippen LogP contribution is 2.45. The summed E-state index contributed by atoms with van der Waals surface area (Å²) in [6.45, 7) is -0.691. The molecule has 3 aromatic carbocycles. The van der Waals surface area contributed by atoms with Crippen molar-refractivity contribution in [3.63, 3.8) is 0 Å². The first-order chi connectivity index (χ1) is 21.5. The molecular formula is C30H32N8O6. The van der Waals surface area contributed by atoms with Crippen LogP contribution in [0, 0.1) is 0 Å². The SMILES string of the molecule is [N-]=[N+]=NCc1ccccc1C[C@@]1(C(=O)NC(CO)CO)N=C(c2ccc(OCCCO)cc2)O[C@@H]1c1ccccc1N=[N+]=[N-]. The lowest BCUT2D eigenvalue weighted by Gasteiger charge is -2.33. The number of nitrogens with one attached hydrogen (secondary N) is 1. The highest BCUT2D eigenvalue weighted by molar-refractivity contribution is 6.01. The summed E-state index contributed by atoms with van der Waals surface area (Å²) in [5, 5.41) is 38.8. The number of rotatable bonds is 15. The van der Waals surface area contributed by atoms with Crippen LogP contribution in [-0.2, 0) is 22.5 Å². The zero-order valence-corrected chi connectivity index (χ0v) is 23.7. The molecule has 2 atom stereocenters. The molecule has 4 N–H and O–H groups in total. The van der Waals surface area contributed by atoms with Crippen molar-refractivity contribution in [3.8, 4) is 5.75 Å². The summed E-state index contributed by atoms with van der Waals surface area (Å²) in [6.07, 6.45) is -0.684. The van der Waals surface area contributed by atoms with E-state index in [0.29, 0.717) is 41.0 Å². The molecule has 1 aliphatic rings. The number of hydrogen-bond donors (Lipinski definition) is 4. The van der Waals surface area contributed by atoms with Gasteiger partial charge in [0.05, 0.1) is 32.4 Å². The Bertz CT molecular complexity index is 1570. The molecule has 0 unspecified atom stereocenters. The predicted molar refractivity (Wildman–Crippen MR) is 161 cm³/mol.